The lowest BCUT2D eigenvalue weighted by Gasteiger charge is -2.06. The highest BCUT2D eigenvalue weighted by Gasteiger charge is 2.12. The Labute approximate surface area is 115 Å². The molecule has 6 heteroatoms. The van der Waals surface area contributed by atoms with Gasteiger partial charge in [0.25, 0.3) is 0 Å². The summed E-state index contributed by atoms with van der Waals surface area (Å²) < 4.78 is 6.41. The van der Waals surface area contributed by atoms with E-state index in [2.05, 4.69) is 5.10 Å². The van der Waals surface area contributed by atoms with E-state index in [0.29, 0.717) is 17.9 Å². The fourth-order valence-electron chi connectivity index (χ4n) is 1.82. The molecule has 1 aromatic carbocycles. The minimum absolute atomic E-state index is 0.212. The zero-order valence-electron chi connectivity index (χ0n) is 11.2. The number of aromatic carboxylic acids is 1. The van der Waals surface area contributed by atoms with Crippen LogP contribution in [-0.2, 0) is 4.74 Å². The van der Waals surface area contributed by atoms with Crippen molar-refractivity contribution in [1.29, 1.82) is 0 Å². The Morgan fingerprint density at radius 3 is 2.70 bits per heavy atom. The fraction of sp³-hybridized carbons (Fsp3) is 0.214. The number of aromatic nitrogens is 2. The molecule has 0 radical (unpaired) electrons. The zero-order chi connectivity index (χ0) is 14.7. The van der Waals surface area contributed by atoms with Crippen LogP contribution < -0.4 is 0 Å². The van der Waals surface area contributed by atoms with Gasteiger partial charge in [0.05, 0.1) is 29.6 Å². The molecule has 2 rings (SSSR count). The first-order chi connectivity index (χ1) is 9.52. The summed E-state index contributed by atoms with van der Waals surface area (Å²) >= 11 is 0. The predicted octanol–water partition coefficient (Wildman–Crippen LogP) is 2.06. The number of rotatable bonds is 4. The molecule has 2 aromatic rings. The lowest BCUT2D eigenvalue weighted by Crippen LogP contribution is -2.04. The van der Waals surface area contributed by atoms with Crippen LogP contribution in [0.15, 0.2) is 30.6 Å². The van der Waals surface area contributed by atoms with Gasteiger partial charge in [-0.05, 0) is 37.6 Å². The van der Waals surface area contributed by atoms with E-state index in [4.69, 9.17) is 9.84 Å². The van der Waals surface area contributed by atoms with E-state index in [0.717, 1.165) is 5.56 Å². The molecule has 0 unspecified atom stereocenters. The minimum Gasteiger partial charge on any atom is -0.478 e. The van der Waals surface area contributed by atoms with Gasteiger partial charge in [0.15, 0.2) is 0 Å². The summed E-state index contributed by atoms with van der Waals surface area (Å²) in [4.78, 5) is 22.4. The Morgan fingerprint density at radius 2 is 2.10 bits per heavy atom. The summed E-state index contributed by atoms with van der Waals surface area (Å²) in [6.07, 6.45) is 2.98. The van der Waals surface area contributed by atoms with Gasteiger partial charge in [-0.1, -0.05) is 0 Å². The number of hydrogen-bond acceptors (Lipinski definition) is 4. The molecule has 0 aliphatic heterocycles. The van der Waals surface area contributed by atoms with E-state index in [-0.39, 0.29) is 5.56 Å². The Hall–Kier alpha value is -2.63. The van der Waals surface area contributed by atoms with Crippen molar-refractivity contribution in [1.82, 2.24) is 9.78 Å². The third-order valence-electron chi connectivity index (χ3n) is 2.78. The lowest BCUT2D eigenvalue weighted by molar-refractivity contribution is 0.0526. The van der Waals surface area contributed by atoms with Crippen LogP contribution in [0.2, 0.25) is 0 Å². The summed E-state index contributed by atoms with van der Waals surface area (Å²) in [5.74, 6) is -1.41. The summed E-state index contributed by atoms with van der Waals surface area (Å²) in [5, 5.41) is 13.0. The zero-order valence-corrected chi connectivity index (χ0v) is 11.2. The molecule has 1 heterocycles. The second kappa shape index (κ2) is 5.56. The normalized spacial score (nSPS) is 10.3. The van der Waals surface area contributed by atoms with Crippen LogP contribution >= 0.6 is 0 Å². The maximum atomic E-state index is 11.6. The molecule has 20 heavy (non-hydrogen) atoms. The Bertz CT molecular complexity index is 661. The second-order valence-electron chi connectivity index (χ2n) is 4.20. The first-order valence-corrected chi connectivity index (χ1v) is 6.09. The maximum absolute atomic E-state index is 11.6. The topological polar surface area (TPSA) is 81.4 Å². The van der Waals surface area contributed by atoms with E-state index in [9.17, 15) is 9.59 Å². The van der Waals surface area contributed by atoms with Crippen LogP contribution in [0.25, 0.3) is 5.69 Å². The molecule has 0 saturated carbocycles. The van der Waals surface area contributed by atoms with E-state index in [1.807, 2.05) is 0 Å². The largest absolute Gasteiger partial charge is 0.478 e. The summed E-state index contributed by atoms with van der Waals surface area (Å²) in [7, 11) is 0. The van der Waals surface area contributed by atoms with Gasteiger partial charge in [0, 0.05) is 6.20 Å². The fourth-order valence-corrected chi connectivity index (χ4v) is 1.82. The number of ether oxygens (including phenoxy) is 1. The van der Waals surface area contributed by atoms with Crippen molar-refractivity contribution >= 4 is 11.9 Å². The van der Waals surface area contributed by atoms with Crippen LogP contribution in [0.3, 0.4) is 0 Å². The molecule has 104 valence electrons. The van der Waals surface area contributed by atoms with Crippen LogP contribution in [-0.4, -0.2) is 33.4 Å². The van der Waals surface area contributed by atoms with Gasteiger partial charge in [-0.3, -0.25) is 0 Å². The number of carboxylic acid groups (broad SMARTS) is 1. The van der Waals surface area contributed by atoms with Crippen molar-refractivity contribution in [3.63, 3.8) is 0 Å². The molecular weight excluding hydrogens is 260 g/mol. The lowest BCUT2D eigenvalue weighted by atomic mass is 10.1. The third-order valence-corrected chi connectivity index (χ3v) is 2.78. The molecule has 0 amide bonds. The second-order valence-corrected chi connectivity index (χ2v) is 4.20. The number of nitrogens with zero attached hydrogens (tertiary/aromatic N) is 2. The monoisotopic (exact) mass is 274 g/mol. The first-order valence-electron chi connectivity index (χ1n) is 6.09. The first kappa shape index (κ1) is 13.8. The van der Waals surface area contributed by atoms with Crippen molar-refractivity contribution < 1.29 is 19.4 Å². The molecule has 0 aliphatic rings. The van der Waals surface area contributed by atoms with E-state index in [1.54, 1.807) is 32.2 Å². The average Bonchev–Trinajstić information content (AvgIpc) is 2.88. The Kier molecular flexibility index (Phi) is 3.84. The van der Waals surface area contributed by atoms with Gasteiger partial charge in [0.2, 0.25) is 0 Å². The van der Waals surface area contributed by atoms with Crippen molar-refractivity contribution in [3.8, 4) is 5.69 Å². The Balaban J connectivity index is 2.33. The molecule has 0 atom stereocenters. The SMILES string of the molecule is CCOC(=O)c1cnn(-c2ccc(C(=O)O)cc2C)c1. The molecular formula is C14H14N2O4. The van der Waals surface area contributed by atoms with Gasteiger partial charge in [-0.25, -0.2) is 14.3 Å². The Morgan fingerprint density at radius 1 is 1.35 bits per heavy atom. The number of benzene rings is 1. The molecule has 1 aromatic heterocycles. The molecule has 0 spiro atoms. The van der Waals surface area contributed by atoms with Crippen molar-refractivity contribution in [2.75, 3.05) is 6.61 Å². The van der Waals surface area contributed by atoms with Crippen LogP contribution in [0, 0.1) is 6.92 Å². The quantitative estimate of drug-likeness (QED) is 0.863. The van der Waals surface area contributed by atoms with Gasteiger partial charge >= 0.3 is 11.9 Å². The number of hydrogen-bond donors (Lipinski definition) is 1. The molecule has 6 nitrogen and oxygen atoms in total. The van der Waals surface area contributed by atoms with Gasteiger partial charge in [-0.15, -0.1) is 0 Å². The van der Waals surface area contributed by atoms with E-state index in [1.165, 1.54) is 16.9 Å². The highest BCUT2D eigenvalue weighted by molar-refractivity contribution is 5.89. The standard InChI is InChI=1S/C14H14N2O4/c1-3-20-14(19)11-7-15-16(8-11)12-5-4-10(13(17)18)6-9(12)2/h4-8H,3H2,1-2H3,(H,17,18). The summed E-state index contributed by atoms with van der Waals surface area (Å²) in [5.41, 5.74) is 2.03. The number of carbonyl (C=O) groups is 2. The van der Waals surface area contributed by atoms with Crippen molar-refractivity contribution in [2.45, 2.75) is 13.8 Å². The number of esters is 1. The maximum Gasteiger partial charge on any atom is 0.341 e. The highest BCUT2D eigenvalue weighted by atomic mass is 16.5. The smallest absolute Gasteiger partial charge is 0.341 e. The van der Waals surface area contributed by atoms with Gasteiger partial charge < -0.3 is 9.84 Å². The number of carboxylic acids is 1. The summed E-state index contributed by atoms with van der Waals surface area (Å²) in [6, 6.07) is 4.71. The highest BCUT2D eigenvalue weighted by Crippen LogP contribution is 2.16. The average molecular weight is 274 g/mol. The number of carbonyl (C=O) groups excluding carboxylic acids is 1. The predicted molar refractivity (Wildman–Crippen MR) is 71.2 cm³/mol. The van der Waals surface area contributed by atoms with E-state index >= 15 is 0 Å². The molecule has 0 saturated heterocycles. The van der Waals surface area contributed by atoms with Crippen molar-refractivity contribution in [3.05, 3.63) is 47.3 Å². The third kappa shape index (κ3) is 2.69. The molecule has 0 bridgehead atoms. The minimum atomic E-state index is -0.979. The molecule has 0 fully saturated rings. The van der Waals surface area contributed by atoms with Gasteiger partial charge in [0.1, 0.15) is 0 Å². The van der Waals surface area contributed by atoms with Crippen LogP contribution in [0.4, 0.5) is 0 Å². The number of aryl methyl sites for hydroxylation is 1. The van der Waals surface area contributed by atoms with Crippen molar-refractivity contribution in [2.24, 2.45) is 0 Å². The summed E-state index contributed by atoms with van der Waals surface area (Å²) in [6.45, 7) is 3.82. The van der Waals surface area contributed by atoms with Crippen LogP contribution in [0.5, 0.6) is 0 Å². The van der Waals surface area contributed by atoms with Crippen LogP contribution in [0.1, 0.15) is 33.2 Å². The van der Waals surface area contributed by atoms with Gasteiger partial charge in [-0.2, -0.15) is 5.10 Å². The molecule has 1 N–H and O–H groups in total. The van der Waals surface area contributed by atoms with E-state index < -0.39 is 11.9 Å². The molecule has 0 aliphatic carbocycles.